The molecule has 0 aliphatic heterocycles. The van der Waals surface area contributed by atoms with Crippen LogP contribution in [0.5, 0.6) is 0 Å². The van der Waals surface area contributed by atoms with Crippen LogP contribution in [0.25, 0.3) is 0 Å². The lowest BCUT2D eigenvalue weighted by atomic mass is 10.1. The summed E-state index contributed by atoms with van der Waals surface area (Å²) >= 11 is 0. The van der Waals surface area contributed by atoms with Crippen LogP contribution in [0.15, 0.2) is 0 Å². The van der Waals surface area contributed by atoms with E-state index in [9.17, 15) is 4.79 Å². The standard InChI is InChI=1S/C25H51NO13/c1-29-13-14-31-17-18-33-21-22-35-24-23-34-20-19-32-16-15-30-12-9-26-25(27)36-10-7-5-3-2-4-6-8-11-37-39-38-28/h28H,2-24H2,1H3,(H,26,27). The molecule has 0 saturated carbocycles. The first-order valence-corrected chi connectivity index (χ1v) is 13.8. The number of nitrogens with one attached hydrogen (secondary N) is 1. The number of methoxy groups -OCH3 is 1. The molecule has 0 aromatic heterocycles. The van der Waals surface area contributed by atoms with E-state index in [1.54, 1.807) is 7.11 Å². The van der Waals surface area contributed by atoms with Crippen molar-refractivity contribution in [1.82, 2.24) is 5.32 Å². The van der Waals surface area contributed by atoms with E-state index in [-0.39, 0.29) is 0 Å². The van der Waals surface area contributed by atoms with E-state index in [2.05, 4.69) is 20.3 Å². The molecule has 0 spiro atoms. The van der Waals surface area contributed by atoms with Crippen molar-refractivity contribution >= 4 is 6.09 Å². The zero-order valence-electron chi connectivity index (χ0n) is 23.6. The molecule has 0 bridgehead atoms. The first kappa shape index (κ1) is 37.8. The quantitative estimate of drug-likeness (QED) is 0.0673. The summed E-state index contributed by atoms with van der Waals surface area (Å²) in [6.07, 6.45) is 6.54. The largest absolute Gasteiger partial charge is 0.450 e. The lowest BCUT2D eigenvalue weighted by Gasteiger charge is -2.09. The Morgan fingerprint density at radius 3 is 1.41 bits per heavy atom. The van der Waals surface area contributed by atoms with Crippen molar-refractivity contribution in [3.63, 3.8) is 0 Å². The van der Waals surface area contributed by atoms with Crippen LogP contribution in [0, 0.1) is 0 Å². The number of alkyl carbamates (subject to hydrolysis) is 1. The monoisotopic (exact) mass is 573 g/mol. The van der Waals surface area contributed by atoms with Crippen molar-refractivity contribution in [3.05, 3.63) is 0 Å². The molecular formula is C25H51NO13. The van der Waals surface area contributed by atoms with Gasteiger partial charge in [-0.3, -0.25) is 0 Å². The molecule has 0 saturated heterocycles. The van der Waals surface area contributed by atoms with Gasteiger partial charge in [-0.05, 0) is 22.9 Å². The normalized spacial score (nSPS) is 11.2. The highest BCUT2D eigenvalue weighted by atomic mass is 17.6. The highest BCUT2D eigenvalue weighted by Crippen LogP contribution is 2.07. The summed E-state index contributed by atoms with van der Waals surface area (Å²) in [6.45, 7) is 7.70. The summed E-state index contributed by atoms with van der Waals surface area (Å²) in [6, 6.07) is 0. The van der Waals surface area contributed by atoms with Crippen LogP contribution in [0.4, 0.5) is 4.79 Å². The van der Waals surface area contributed by atoms with Gasteiger partial charge in [-0.1, -0.05) is 32.1 Å². The molecule has 0 aromatic carbocycles. The van der Waals surface area contributed by atoms with E-state index in [1.807, 2.05) is 0 Å². The molecule has 0 rings (SSSR count). The minimum absolute atomic E-state index is 0.376. The summed E-state index contributed by atoms with van der Waals surface area (Å²) in [5.41, 5.74) is 0. The van der Waals surface area contributed by atoms with Crippen LogP contribution >= 0.6 is 0 Å². The Kier molecular flexibility index (Phi) is 33.8. The minimum Gasteiger partial charge on any atom is -0.450 e. The van der Waals surface area contributed by atoms with Gasteiger partial charge < -0.3 is 43.2 Å². The van der Waals surface area contributed by atoms with Crippen molar-refractivity contribution in [2.75, 3.05) is 113 Å². The van der Waals surface area contributed by atoms with Gasteiger partial charge in [-0.2, -0.15) is 0 Å². The Morgan fingerprint density at radius 1 is 0.538 bits per heavy atom. The summed E-state index contributed by atoms with van der Waals surface area (Å²) in [5.74, 6) is 0. The van der Waals surface area contributed by atoms with Gasteiger partial charge in [0, 0.05) is 13.7 Å². The van der Waals surface area contributed by atoms with Gasteiger partial charge in [-0.15, -0.1) is 0 Å². The summed E-state index contributed by atoms with van der Waals surface area (Å²) < 4.78 is 42.4. The molecule has 0 atom stereocenters. The third kappa shape index (κ3) is 34.8. The Bertz CT molecular complexity index is 477. The van der Waals surface area contributed by atoms with E-state index in [4.69, 9.17) is 43.2 Å². The molecule has 0 aliphatic carbocycles. The van der Waals surface area contributed by atoms with Gasteiger partial charge in [0.15, 0.2) is 0 Å². The predicted molar refractivity (Wildman–Crippen MR) is 139 cm³/mol. The third-order valence-electron chi connectivity index (χ3n) is 4.99. The molecule has 0 aliphatic rings. The number of hydrogen-bond donors (Lipinski definition) is 2. The predicted octanol–water partition coefficient (Wildman–Crippen LogP) is 2.54. The van der Waals surface area contributed by atoms with Gasteiger partial charge >= 0.3 is 6.09 Å². The summed E-state index contributed by atoms with van der Waals surface area (Å²) in [7, 11) is 1.64. The highest BCUT2D eigenvalue weighted by molar-refractivity contribution is 5.66. The molecule has 14 heteroatoms. The number of ether oxygens (including phenoxy) is 8. The van der Waals surface area contributed by atoms with E-state index in [0.29, 0.717) is 106 Å². The topological polar surface area (TPSA) is 151 Å². The number of carbonyl (C=O) groups is 1. The van der Waals surface area contributed by atoms with Crippen molar-refractivity contribution in [1.29, 1.82) is 0 Å². The van der Waals surface area contributed by atoms with Gasteiger partial charge in [0.25, 0.3) is 0 Å². The molecule has 0 fully saturated rings. The number of carbonyl (C=O) groups excluding carboxylic acids is 1. The van der Waals surface area contributed by atoms with E-state index < -0.39 is 6.09 Å². The molecule has 2 N–H and O–H groups in total. The van der Waals surface area contributed by atoms with Gasteiger partial charge in [0.1, 0.15) is 0 Å². The van der Waals surface area contributed by atoms with Crippen molar-refractivity contribution in [2.45, 2.75) is 44.9 Å². The van der Waals surface area contributed by atoms with Gasteiger partial charge in [-0.25, -0.2) is 14.9 Å². The fraction of sp³-hybridized carbons (Fsp3) is 0.960. The molecule has 234 valence electrons. The fourth-order valence-corrected chi connectivity index (χ4v) is 2.99. The van der Waals surface area contributed by atoms with Crippen molar-refractivity contribution in [2.24, 2.45) is 0 Å². The van der Waals surface area contributed by atoms with Crippen LogP contribution in [-0.4, -0.2) is 124 Å². The Balaban J connectivity index is 3.13. The smallest absolute Gasteiger partial charge is 0.407 e. The highest BCUT2D eigenvalue weighted by Gasteiger charge is 2.01. The first-order chi connectivity index (χ1) is 19.3. The summed E-state index contributed by atoms with van der Waals surface area (Å²) in [5, 5.41) is 17.8. The Morgan fingerprint density at radius 2 is 0.949 bits per heavy atom. The van der Waals surface area contributed by atoms with Gasteiger partial charge in [0.05, 0.1) is 99.1 Å². The van der Waals surface area contributed by atoms with E-state index in [1.165, 1.54) is 0 Å². The zero-order valence-corrected chi connectivity index (χ0v) is 23.6. The average molecular weight is 574 g/mol. The van der Waals surface area contributed by atoms with Crippen LogP contribution in [0.2, 0.25) is 0 Å². The second-order valence-electron chi connectivity index (χ2n) is 8.17. The zero-order chi connectivity index (χ0) is 28.3. The second kappa shape index (κ2) is 34.9. The lowest BCUT2D eigenvalue weighted by Crippen LogP contribution is -2.28. The Hall–Kier alpha value is -1.17. The number of hydrogen-bond acceptors (Lipinski definition) is 13. The number of rotatable bonds is 33. The molecule has 0 radical (unpaired) electrons. The van der Waals surface area contributed by atoms with E-state index in [0.717, 1.165) is 44.9 Å². The molecule has 0 heterocycles. The number of unbranched alkanes of at least 4 members (excludes halogenated alkanes) is 6. The minimum atomic E-state index is -0.430. The molecule has 14 nitrogen and oxygen atoms in total. The second-order valence-corrected chi connectivity index (χ2v) is 8.17. The van der Waals surface area contributed by atoms with Crippen molar-refractivity contribution in [3.8, 4) is 0 Å². The maximum absolute atomic E-state index is 11.6. The summed E-state index contributed by atoms with van der Waals surface area (Å²) in [4.78, 5) is 16.1. The molecular weight excluding hydrogens is 522 g/mol. The van der Waals surface area contributed by atoms with Crippen LogP contribution in [0.3, 0.4) is 0 Å². The SMILES string of the molecule is COCCOCCOCCOCCOCCOCCOCCNC(=O)OCCCCCCCCCOOOO. The van der Waals surface area contributed by atoms with Gasteiger partial charge in [0.2, 0.25) is 0 Å². The number of amides is 1. The van der Waals surface area contributed by atoms with E-state index >= 15 is 0 Å². The fourth-order valence-electron chi connectivity index (χ4n) is 2.99. The molecule has 39 heavy (non-hydrogen) atoms. The average Bonchev–Trinajstić information content (AvgIpc) is 2.94. The Labute approximate surface area is 232 Å². The molecule has 0 unspecified atom stereocenters. The van der Waals surface area contributed by atoms with Crippen LogP contribution < -0.4 is 5.32 Å². The molecule has 1 amide bonds. The first-order valence-electron chi connectivity index (χ1n) is 13.8. The third-order valence-corrected chi connectivity index (χ3v) is 4.99. The van der Waals surface area contributed by atoms with Crippen molar-refractivity contribution < 1.29 is 62.9 Å². The van der Waals surface area contributed by atoms with Crippen LogP contribution in [-0.2, 0) is 52.9 Å². The maximum atomic E-state index is 11.6. The van der Waals surface area contributed by atoms with Crippen LogP contribution in [0.1, 0.15) is 44.9 Å². The lowest BCUT2D eigenvalue weighted by molar-refractivity contribution is -0.623. The maximum Gasteiger partial charge on any atom is 0.407 e. The molecule has 0 aromatic rings.